The maximum atomic E-state index is 14.5. The second kappa shape index (κ2) is 6.65. The lowest BCUT2D eigenvalue weighted by Gasteiger charge is -2.45. The van der Waals surface area contributed by atoms with E-state index in [4.69, 9.17) is 10.5 Å². The average Bonchev–Trinajstić information content (AvgIpc) is 3.37. The molecule has 0 radical (unpaired) electrons. The van der Waals surface area contributed by atoms with Crippen molar-refractivity contribution >= 4 is 27.6 Å². The van der Waals surface area contributed by atoms with Crippen LogP contribution >= 0.6 is 0 Å². The minimum atomic E-state index is -3.81. The molecule has 2 atom stereocenters. The molecule has 10 heteroatoms. The molecule has 8 nitrogen and oxygen atoms in total. The Morgan fingerprint density at radius 2 is 2.00 bits per heavy atom. The quantitative estimate of drug-likeness (QED) is 0.745. The van der Waals surface area contributed by atoms with Crippen LogP contribution in [0.15, 0.2) is 17.3 Å². The molecule has 0 spiro atoms. The average molecular weight is 427 g/mol. The molecule has 29 heavy (non-hydrogen) atoms. The van der Waals surface area contributed by atoms with Crippen molar-refractivity contribution in [3.8, 4) is 0 Å². The van der Waals surface area contributed by atoms with Crippen molar-refractivity contribution in [3.05, 3.63) is 23.6 Å². The number of rotatable bonds is 2. The SMILES string of the molecule is CC(C)(C)OC(=O)/N=C1/N[C@](C)(c2cc(N)ncc2F)CS(=O)(=O)[C@@]1(C)C1CC1. The highest BCUT2D eigenvalue weighted by Crippen LogP contribution is 2.49. The van der Waals surface area contributed by atoms with Crippen LogP contribution < -0.4 is 11.1 Å². The fourth-order valence-electron chi connectivity index (χ4n) is 3.72. The van der Waals surface area contributed by atoms with Crippen LogP contribution in [0.5, 0.6) is 0 Å². The number of nitrogens with zero attached hydrogens (tertiary/aromatic N) is 2. The van der Waals surface area contributed by atoms with Gasteiger partial charge in [0.05, 0.1) is 17.5 Å². The van der Waals surface area contributed by atoms with Crippen LogP contribution in [0, 0.1) is 11.7 Å². The number of sulfone groups is 1. The molecule has 1 aromatic heterocycles. The topological polar surface area (TPSA) is 124 Å². The molecule has 2 aliphatic rings. The van der Waals surface area contributed by atoms with E-state index in [0.29, 0.717) is 12.8 Å². The minimum Gasteiger partial charge on any atom is -0.442 e. The number of halogens is 1. The molecule has 1 saturated heterocycles. The van der Waals surface area contributed by atoms with Gasteiger partial charge in [-0.15, -0.1) is 0 Å². The number of amides is 1. The number of hydrogen-bond acceptors (Lipinski definition) is 6. The first-order valence-electron chi connectivity index (χ1n) is 9.42. The summed E-state index contributed by atoms with van der Waals surface area (Å²) in [5, 5.41) is 3.05. The summed E-state index contributed by atoms with van der Waals surface area (Å²) in [7, 11) is -3.81. The maximum absolute atomic E-state index is 14.5. The number of nitrogens with one attached hydrogen (secondary N) is 1. The zero-order valence-corrected chi connectivity index (χ0v) is 18.1. The molecular weight excluding hydrogens is 399 g/mol. The molecule has 2 heterocycles. The summed E-state index contributed by atoms with van der Waals surface area (Å²) >= 11 is 0. The van der Waals surface area contributed by atoms with Crippen LogP contribution in [0.1, 0.15) is 53.0 Å². The van der Waals surface area contributed by atoms with Crippen molar-refractivity contribution in [1.82, 2.24) is 10.3 Å². The number of aromatic nitrogens is 1. The summed E-state index contributed by atoms with van der Waals surface area (Å²) in [5.74, 6) is -1.21. The van der Waals surface area contributed by atoms with Gasteiger partial charge in [0.1, 0.15) is 27.8 Å². The highest BCUT2D eigenvalue weighted by Gasteiger charge is 2.61. The van der Waals surface area contributed by atoms with E-state index < -0.39 is 37.6 Å². The Kier molecular flexibility index (Phi) is 4.92. The van der Waals surface area contributed by atoms with Crippen LogP contribution in [0.2, 0.25) is 0 Å². The largest absolute Gasteiger partial charge is 0.442 e. The van der Waals surface area contributed by atoms with E-state index in [2.05, 4.69) is 15.3 Å². The van der Waals surface area contributed by atoms with Gasteiger partial charge in [-0.05, 0) is 59.4 Å². The van der Waals surface area contributed by atoms with Crippen LogP contribution in [-0.2, 0) is 20.1 Å². The van der Waals surface area contributed by atoms with Crippen molar-refractivity contribution in [2.75, 3.05) is 11.5 Å². The van der Waals surface area contributed by atoms with E-state index in [0.717, 1.165) is 6.20 Å². The van der Waals surface area contributed by atoms with E-state index in [-0.39, 0.29) is 28.9 Å². The fraction of sp³-hybridized carbons (Fsp3) is 0.632. The van der Waals surface area contributed by atoms with Gasteiger partial charge in [-0.1, -0.05) is 0 Å². The predicted molar refractivity (Wildman–Crippen MR) is 108 cm³/mol. The highest BCUT2D eigenvalue weighted by atomic mass is 32.2. The number of amidine groups is 1. The molecule has 1 amide bonds. The van der Waals surface area contributed by atoms with Crippen molar-refractivity contribution in [2.45, 2.75) is 63.3 Å². The molecule has 1 aliphatic heterocycles. The number of pyridine rings is 1. The molecule has 2 fully saturated rings. The first-order chi connectivity index (χ1) is 13.2. The molecule has 1 aliphatic carbocycles. The second-order valence-electron chi connectivity index (χ2n) is 9.13. The normalized spacial score (nSPS) is 30.6. The van der Waals surface area contributed by atoms with Crippen LogP contribution in [0.4, 0.5) is 15.0 Å². The smallest absolute Gasteiger partial charge is 0.435 e. The van der Waals surface area contributed by atoms with Crippen molar-refractivity contribution in [3.63, 3.8) is 0 Å². The van der Waals surface area contributed by atoms with E-state index >= 15 is 0 Å². The van der Waals surface area contributed by atoms with Gasteiger partial charge in [0.15, 0.2) is 9.84 Å². The van der Waals surface area contributed by atoms with Gasteiger partial charge in [-0.25, -0.2) is 22.6 Å². The first kappa shape index (κ1) is 21.5. The summed E-state index contributed by atoms with van der Waals surface area (Å²) in [6.45, 7) is 8.17. The van der Waals surface area contributed by atoms with Gasteiger partial charge in [-0.3, -0.25) is 0 Å². The summed E-state index contributed by atoms with van der Waals surface area (Å²) in [6, 6.07) is 1.29. The van der Waals surface area contributed by atoms with Gasteiger partial charge in [0, 0.05) is 5.56 Å². The predicted octanol–water partition coefficient (Wildman–Crippen LogP) is 2.54. The lowest BCUT2D eigenvalue weighted by molar-refractivity contribution is 0.0602. The number of carbonyl (C=O) groups excluding carboxylic acids is 1. The van der Waals surface area contributed by atoms with E-state index in [1.165, 1.54) is 6.07 Å². The second-order valence-corrected chi connectivity index (χ2v) is 11.5. The zero-order valence-electron chi connectivity index (χ0n) is 17.2. The molecular formula is C19H27FN4O4S. The number of nitrogens with two attached hydrogens (primary N) is 1. The number of hydrogen-bond donors (Lipinski definition) is 2. The molecule has 3 N–H and O–H groups in total. The Morgan fingerprint density at radius 3 is 2.55 bits per heavy atom. The Hall–Kier alpha value is -2.23. The molecule has 0 unspecified atom stereocenters. The van der Waals surface area contributed by atoms with E-state index in [9.17, 15) is 17.6 Å². The number of anilines is 1. The van der Waals surface area contributed by atoms with E-state index in [1.807, 2.05) is 0 Å². The van der Waals surface area contributed by atoms with Crippen LogP contribution in [0.25, 0.3) is 0 Å². The van der Waals surface area contributed by atoms with Gasteiger partial charge >= 0.3 is 6.09 Å². The minimum absolute atomic E-state index is 0.0298. The highest BCUT2D eigenvalue weighted by molar-refractivity contribution is 7.93. The Bertz CT molecular complexity index is 984. The van der Waals surface area contributed by atoms with Crippen molar-refractivity contribution < 1.29 is 22.3 Å². The summed E-state index contributed by atoms with van der Waals surface area (Å²) in [6.07, 6.45) is 1.46. The Morgan fingerprint density at radius 1 is 1.38 bits per heavy atom. The summed E-state index contributed by atoms with van der Waals surface area (Å²) in [4.78, 5) is 20.1. The molecule has 1 saturated carbocycles. The maximum Gasteiger partial charge on any atom is 0.435 e. The monoisotopic (exact) mass is 426 g/mol. The third-order valence-electron chi connectivity index (χ3n) is 5.41. The first-order valence-corrected chi connectivity index (χ1v) is 11.1. The van der Waals surface area contributed by atoms with Crippen molar-refractivity contribution in [1.29, 1.82) is 0 Å². The molecule has 3 rings (SSSR count). The standard InChI is InChI=1S/C19H27FN4O4S/c1-17(2,3)28-16(25)23-15-19(5,11-6-7-11)29(26,27)10-18(4,24-15)12-8-14(21)22-9-13(12)20/h8-9,11H,6-7,10H2,1-5H3,(H2,21,22)(H,23,24,25)/t18-,19-/m0/s1. The van der Waals surface area contributed by atoms with Gasteiger partial charge < -0.3 is 15.8 Å². The van der Waals surface area contributed by atoms with Gasteiger partial charge in [0.2, 0.25) is 0 Å². The van der Waals surface area contributed by atoms with Crippen LogP contribution in [0.3, 0.4) is 0 Å². The zero-order chi connectivity index (χ0) is 21.8. The lowest BCUT2D eigenvalue weighted by Crippen LogP contribution is -2.66. The Balaban J connectivity index is 2.12. The number of nitrogen functional groups attached to an aromatic ring is 1. The third kappa shape index (κ3) is 3.94. The van der Waals surface area contributed by atoms with Crippen molar-refractivity contribution in [2.24, 2.45) is 10.9 Å². The third-order valence-corrected chi connectivity index (χ3v) is 8.19. The molecule has 0 bridgehead atoms. The van der Waals surface area contributed by atoms with Crippen LogP contribution in [-0.4, -0.2) is 41.4 Å². The lowest BCUT2D eigenvalue weighted by atomic mass is 9.91. The number of ether oxygens (including phenoxy) is 1. The Labute approximate surface area is 170 Å². The molecule has 1 aromatic rings. The molecule has 160 valence electrons. The number of carbonyl (C=O) groups is 1. The summed E-state index contributed by atoms with van der Waals surface area (Å²) in [5.41, 5.74) is 3.57. The summed E-state index contributed by atoms with van der Waals surface area (Å²) < 4.78 is 45.2. The molecule has 0 aromatic carbocycles. The number of aliphatic imine (C=N–C) groups is 1. The fourth-order valence-corrected chi connectivity index (χ4v) is 6.14. The van der Waals surface area contributed by atoms with E-state index in [1.54, 1.807) is 34.6 Å². The van der Waals surface area contributed by atoms with Gasteiger partial charge in [0.25, 0.3) is 0 Å². The van der Waals surface area contributed by atoms with Gasteiger partial charge in [-0.2, -0.15) is 4.99 Å².